The van der Waals surface area contributed by atoms with Crippen molar-refractivity contribution in [3.8, 4) is 22.8 Å². The molecule has 0 aliphatic carbocycles. The Hall–Kier alpha value is -6.26. The molecule has 4 heterocycles. The summed E-state index contributed by atoms with van der Waals surface area (Å²) in [5, 5.41) is 2.50. The largest absolute Gasteiger partial charge is 0.309 e. The highest BCUT2D eigenvalue weighted by Gasteiger charge is 2.45. The zero-order valence-corrected chi connectivity index (χ0v) is 25.5. The van der Waals surface area contributed by atoms with Gasteiger partial charge in [-0.05, 0) is 70.8 Å². The first-order valence-corrected chi connectivity index (χ1v) is 16.0. The molecular formula is C43H28N4. The molecule has 9 aromatic rings. The summed E-state index contributed by atoms with van der Waals surface area (Å²) < 4.78 is 4.79. The van der Waals surface area contributed by atoms with Crippen molar-refractivity contribution in [2.24, 2.45) is 0 Å². The number of aromatic nitrogens is 4. The highest BCUT2D eigenvalue weighted by Crippen LogP contribution is 2.54. The minimum atomic E-state index is -0.600. The third-order valence-corrected chi connectivity index (χ3v) is 9.90. The van der Waals surface area contributed by atoms with Crippen LogP contribution in [0.25, 0.3) is 55.6 Å². The van der Waals surface area contributed by atoms with Gasteiger partial charge in [0.2, 0.25) is 0 Å². The van der Waals surface area contributed by atoms with Crippen LogP contribution < -0.4 is 0 Å². The van der Waals surface area contributed by atoms with Gasteiger partial charge < -0.3 is 4.57 Å². The zero-order valence-electron chi connectivity index (χ0n) is 25.5. The first-order valence-electron chi connectivity index (χ1n) is 16.0. The number of pyridine rings is 1. The van der Waals surface area contributed by atoms with Gasteiger partial charge in [0.15, 0.2) is 0 Å². The number of rotatable bonds is 4. The Balaban J connectivity index is 1.40. The lowest BCUT2D eigenvalue weighted by molar-refractivity contribution is 0.724. The van der Waals surface area contributed by atoms with E-state index < -0.39 is 5.41 Å². The van der Waals surface area contributed by atoms with Crippen LogP contribution in [0.3, 0.4) is 0 Å². The topological polar surface area (TPSA) is 35.6 Å². The maximum absolute atomic E-state index is 5.29. The summed E-state index contributed by atoms with van der Waals surface area (Å²) in [6, 6.07) is 57.1. The molecule has 0 N–H and O–H groups in total. The number of fused-ring (bicyclic) bond motifs is 5. The number of hydrogen-bond donors (Lipinski definition) is 0. The van der Waals surface area contributed by atoms with E-state index in [0.29, 0.717) is 0 Å². The van der Waals surface area contributed by atoms with E-state index >= 15 is 0 Å². The molecular weight excluding hydrogens is 573 g/mol. The van der Waals surface area contributed by atoms with Gasteiger partial charge in [0.25, 0.3) is 0 Å². The maximum Gasteiger partial charge on any atom is 0.145 e. The summed E-state index contributed by atoms with van der Waals surface area (Å²) in [6.07, 6.45) is 3.69. The van der Waals surface area contributed by atoms with Crippen LogP contribution in [0, 0.1) is 0 Å². The molecule has 0 radical (unpaired) electrons. The molecule has 0 atom stereocenters. The smallest absolute Gasteiger partial charge is 0.145 e. The van der Waals surface area contributed by atoms with E-state index in [1.54, 1.807) is 0 Å². The molecule has 47 heavy (non-hydrogen) atoms. The Bertz CT molecular complexity index is 2520. The summed E-state index contributed by atoms with van der Waals surface area (Å²) >= 11 is 0. The average molecular weight is 601 g/mol. The van der Waals surface area contributed by atoms with Crippen LogP contribution in [0.5, 0.6) is 0 Å². The molecule has 4 heteroatoms. The van der Waals surface area contributed by atoms with E-state index in [9.17, 15) is 0 Å². The Labute approximate surface area is 271 Å². The normalized spacial score (nSPS) is 13.3. The molecule has 220 valence electrons. The summed E-state index contributed by atoms with van der Waals surface area (Å²) in [6.45, 7) is 0. The highest BCUT2D eigenvalue weighted by molar-refractivity contribution is 6.09. The van der Waals surface area contributed by atoms with E-state index in [-0.39, 0.29) is 0 Å². The standard InChI is InChI=1S/C43H28N4/c1-3-12-30(13-4-1)43(31-14-5-2-6-15-31)35-18-11-19-37-41(35)47(42(45-37)29-24-26-44-27-25-29)40-23-22-32(28-36(40)43)46-38-20-9-7-16-33(38)34-17-8-10-21-39(34)46/h1-28H. The summed E-state index contributed by atoms with van der Waals surface area (Å²) in [5.41, 5.74) is 12.0. The molecule has 1 aliphatic rings. The van der Waals surface area contributed by atoms with Crippen molar-refractivity contribution < 1.29 is 0 Å². The van der Waals surface area contributed by atoms with Gasteiger partial charge in [0.05, 0.1) is 33.2 Å². The molecule has 0 fully saturated rings. The fourth-order valence-corrected chi connectivity index (χ4v) is 8.03. The molecule has 0 unspecified atom stereocenters. The molecule has 0 amide bonds. The first kappa shape index (κ1) is 26.0. The van der Waals surface area contributed by atoms with Crippen molar-refractivity contribution in [1.82, 2.24) is 19.1 Å². The van der Waals surface area contributed by atoms with Crippen molar-refractivity contribution >= 4 is 32.8 Å². The Morgan fingerprint density at radius 1 is 0.489 bits per heavy atom. The molecule has 0 bridgehead atoms. The van der Waals surface area contributed by atoms with Crippen LogP contribution in [0.4, 0.5) is 0 Å². The van der Waals surface area contributed by atoms with Crippen LogP contribution >= 0.6 is 0 Å². The van der Waals surface area contributed by atoms with Gasteiger partial charge in [0.1, 0.15) is 5.82 Å². The fourth-order valence-electron chi connectivity index (χ4n) is 8.03. The molecule has 6 aromatic carbocycles. The van der Waals surface area contributed by atoms with Crippen molar-refractivity contribution in [2.75, 3.05) is 0 Å². The lowest BCUT2D eigenvalue weighted by atomic mass is 9.63. The number of imidazole rings is 1. The SMILES string of the molecule is c1ccc(C2(c3ccccc3)c3cc(-n4c5ccccc5c5ccccc54)ccc3-n3c(-c4ccncc4)nc4cccc2c43)cc1. The lowest BCUT2D eigenvalue weighted by Gasteiger charge is -2.41. The molecule has 0 saturated carbocycles. The summed E-state index contributed by atoms with van der Waals surface area (Å²) in [5.74, 6) is 0.912. The predicted molar refractivity (Wildman–Crippen MR) is 191 cm³/mol. The van der Waals surface area contributed by atoms with Gasteiger partial charge in [-0.3, -0.25) is 9.55 Å². The Kier molecular flexibility index (Phi) is 5.46. The van der Waals surface area contributed by atoms with Gasteiger partial charge in [-0.25, -0.2) is 4.98 Å². The minimum absolute atomic E-state index is 0.600. The second kappa shape index (κ2) is 9.87. The zero-order chi connectivity index (χ0) is 31.0. The van der Waals surface area contributed by atoms with Crippen molar-refractivity contribution in [2.45, 2.75) is 5.41 Å². The van der Waals surface area contributed by atoms with Gasteiger partial charge in [-0.15, -0.1) is 0 Å². The quantitative estimate of drug-likeness (QED) is 0.202. The predicted octanol–water partition coefficient (Wildman–Crippen LogP) is 9.88. The van der Waals surface area contributed by atoms with Crippen LogP contribution in [-0.2, 0) is 5.41 Å². The van der Waals surface area contributed by atoms with E-state index in [2.05, 4.69) is 160 Å². The lowest BCUT2D eigenvalue weighted by Crippen LogP contribution is -2.35. The third-order valence-electron chi connectivity index (χ3n) is 9.90. The molecule has 0 saturated heterocycles. The Morgan fingerprint density at radius 2 is 1.11 bits per heavy atom. The molecule has 10 rings (SSSR count). The molecule has 1 aliphatic heterocycles. The summed E-state index contributed by atoms with van der Waals surface area (Å²) in [4.78, 5) is 9.60. The molecule has 0 spiro atoms. The Morgan fingerprint density at radius 3 is 1.77 bits per heavy atom. The van der Waals surface area contributed by atoms with Gasteiger partial charge in [0, 0.05) is 34.4 Å². The number of hydrogen-bond acceptors (Lipinski definition) is 2. The maximum atomic E-state index is 5.29. The van der Waals surface area contributed by atoms with E-state index in [1.807, 2.05) is 24.5 Å². The number of para-hydroxylation sites is 3. The van der Waals surface area contributed by atoms with Crippen LogP contribution in [-0.4, -0.2) is 19.1 Å². The number of benzene rings is 6. The van der Waals surface area contributed by atoms with Gasteiger partial charge >= 0.3 is 0 Å². The summed E-state index contributed by atoms with van der Waals surface area (Å²) in [7, 11) is 0. The monoisotopic (exact) mass is 600 g/mol. The van der Waals surface area contributed by atoms with Gasteiger partial charge in [-0.1, -0.05) is 109 Å². The van der Waals surface area contributed by atoms with E-state index in [1.165, 1.54) is 44.1 Å². The fraction of sp³-hybridized carbons (Fsp3) is 0.0233. The highest BCUT2D eigenvalue weighted by atomic mass is 15.1. The average Bonchev–Trinajstić information content (AvgIpc) is 3.70. The van der Waals surface area contributed by atoms with Crippen molar-refractivity contribution in [1.29, 1.82) is 0 Å². The second-order valence-electron chi connectivity index (χ2n) is 12.2. The molecule has 4 nitrogen and oxygen atoms in total. The van der Waals surface area contributed by atoms with Crippen LogP contribution in [0.2, 0.25) is 0 Å². The van der Waals surface area contributed by atoms with Crippen molar-refractivity contribution in [3.63, 3.8) is 0 Å². The minimum Gasteiger partial charge on any atom is -0.309 e. The first-order chi connectivity index (χ1) is 23.3. The number of nitrogens with zero attached hydrogens (tertiary/aromatic N) is 4. The van der Waals surface area contributed by atoms with Gasteiger partial charge in [-0.2, -0.15) is 0 Å². The third kappa shape index (κ3) is 3.52. The van der Waals surface area contributed by atoms with Crippen LogP contribution in [0.1, 0.15) is 22.3 Å². The second-order valence-corrected chi connectivity index (χ2v) is 12.2. The van der Waals surface area contributed by atoms with Crippen molar-refractivity contribution in [3.05, 3.63) is 192 Å². The van der Waals surface area contributed by atoms with E-state index in [0.717, 1.165) is 33.8 Å². The van der Waals surface area contributed by atoms with Crippen LogP contribution in [0.15, 0.2) is 170 Å². The van der Waals surface area contributed by atoms with E-state index in [4.69, 9.17) is 4.98 Å². The molecule has 3 aromatic heterocycles.